The van der Waals surface area contributed by atoms with Gasteiger partial charge in [-0.2, -0.15) is 0 Å². The van der Waals surface area contributed by atoms with Gasteiger partial charge in [0.1, 0.15) is 0 Å². The number of rotatable bonds is 4. The van der Waals surface area contributed by atoms with E-state index in [4.69, 9.17) is 17.3 Å². The largest absolute Gasteiger partial charge is 0.397 e. The molecule has 2 aromatic rings. The molecule has 0 radical (unpaired) electrons. The second-order valence-electron chi connectivity index (χ2n) is 6.30. The van der Waals surface area contributed by atoms with E-state index < -0.39 is 5.54 Å². The lowest BCUT2D eigenvalue weighted by molar-refractivity contribution is 0.242. The molecule has 0 aliphatic rings. The number of hydrogen-bond donors (Lipinski definition) is 3. The molecule has 24 heavy (non-hydrogen) atoms. The van der Waals surface area contributed by atoms with Crippen molar-refractivity contribution in [2.45, 2.75) is 26.3 Å². The van der Waals surface area contributed by atoms with Crippen LogP contribution in [0.2, 0.25) is 5.02 Å². The van der Waals surface area contributed by atoms with Gasteiger partial charge in [-0.3, -0.25) is 0 Å². The molecule has 2 rings (SSSR count). The lowest BCUT2D eigenvalue weighted by Gasteiger charge is -2.27. The maximum atomic E-state index is 12.3. The van der Waals surface area contributed by atoms with E-state index in [9.17, 15) is 4.79 Å². The summed E-state index contributed by atoms with van der Waals surface area (Å²) in [5.74, 6) is 0. The van der Waals surface area contributed by atoms with Crippen LogP contribution in [0.1, 0.15) is 31.9 Å². The summed E-state index contributed by atoms with van der Waals surface area (Å²) in [5, 5.41) is 6.19. The molecular weight excluding hydrogens is 322 g/mol. The molecule has 126 valence electrons. The lowest BCUT2D eigenvalue weighted by Crippen LogP contribution is -2.43. The van der Waals surface area contributed by atoms with Crippen LogP contribution in [0.3, 0.4) is 0 Å². The molecule has 0 aliphatic heterocycles. The number of nitrogens with two attached hydrogens (primary N) is 1. The van der Waals surface area contributed by atoms with Crippen molar-refractivity contribution in [2.24, 2.45) is 0 Å². The Balaban J connectivity index is 2.13. The Bertz CT molecular complexity index is 784. The number of nitrogens with one attached hydrogen (secondary N) is 2. The number of halogens is 1. The van der Waals surface area contributed by atoms with Gasteiger partial charge in [0.25, 0.3) is 0 Å². The fraction of sp³-hybridized carbons (Fsp3) is 0.211. The molecule has 0 unspecified atom stereocenters. The molecule has 0 aliphatic carbocycles. The number of carbonyl (C=O) groups is 1. The molecular formula is C19H22ClN3O. The van der Waals surface area contributed by atoms with Crippen LogP contribution in [0.4, 0.5) is 16.2 Å². The molecule has 0 saturated carbocycles. The average Bonchev–Trinajstić information content (AvgIpc) is 2.50. The molecule has 0 heterocycles. The van der Waals surface area contributed by atoms with Crippen LogP contribution in [0.25, 0.3) is 5.57 Å². The quantitative estimate of drug-likeness (QED) is 0.683. The first-order valence-electron chi connectivity index (χ1n) is 7.59. The Labute approximate surface area is 147 Å². The highest BCUT2D eigenvalue weighted by molar-refractivity contribution is 6.33. The number of anilines is 2. The van der Waals surface area contributed by atoms with Crippen LogP contribution in [-0.2, 0) is 5.54 Å². The van der Waals surface area contributed by atoms with Crippen LogP contribution in [0.15, 0.2) is 49.0 Å². The molecule has 4 nitrogen and oxygen atoms in total. The van der Waals surface area contributed by atoms with Crippen LogP contribution in [-0.4, -0.2) is 6.03 Å². The predicted molar refractivity (Wildman–Crippen MR) is 102 cm³/mol. The second kappa shape index (κ2) is 6.97. The Morgan fingerprint density at radius 1 is 1.21 bits per heavy atom. The Kier molecular flexibility index (Phi) is 5.20. The molecule has 0 bridgehead atoms. The zero-order valence-electron chi connectivity index (χ0n) is 14.1. The summed E-state index contributed by atoms with van der Waals surface area (Å²) in [6.07, 6.45) is 0. The Morgan fingerprint density at radius 2 is 1.92 bits per heavy atom. The first-order valence-corrected chi connectivity index (χ1v) is 7.97. The SMILES string of the molecule is C=C(C)c1cccc(C(C)(C)NC(=O)Nc2ccc(Cl)c(N)c2)c1. The monoisotopic (exact) mass is 343 g/mol. The fourth-order valence-corrected chi connectivity index (χ4v) is 2.43. The molecule has 2 amide bonds. The van der Waals surface area contributed by atoms with Crippen molar-refractivity contribution in [3.8, 4) is 0 Å². The van der Waals surface area contributed by atoms with Gasteiger partial charge in [-0.05, 0) is 56.2 Å². The first kappa shape index (κ1) is 17.9. The van der Waals surface area contributed by atoms with Crippen LogP contribution < -0.4 is 16.4 Å². The van der Waals surface area contributed by atoms with Gasteiger partial charge in [0.05, 0.1) is 16.2 Å². The summed E-state index contributed by atoms with van der Waals surface area (Å²) in [6.45, 7) is 9.80. The maximum absolute atomic E-state index is 12.3. The van der Waals surface area contributed by atoms with Crippen LogP contribution in [0, 0.1) is 0 Å². The van der Waals surface area contributed by atoms with E-state index >= 15 is 0 Å². The van der Waals surface area contributed by atoms with E-state index in [1.165, 1.54) is 0 Å². The minimum atomic E-state index is -0.548. The topological polar surface area (TPSA) is 67.2 Å². The highest BCUT2D eigenvalue weighted by Gasteiger charge is 2.23. The zero-order valence-corrected chi connectivity index (χ0v) is 14.9. The van der Waals surface area contributed by atoms with Crippen molar-refractivity contribution in [3.63, 3.8) is 0 Å². The van der Waals surface area contributed by atoms with E-state index in [0.717, 1.165) is 16.7 Å². The van der Waals surface area contributed by atoms with E-state index in [-0.39, 0.29) is 6.03 Å². The minimum absolute atomic E-state index is 0.317. The summed E-state index contributed by atoms with van der Waals surface area (Å²) in [4.78, 5) is 12.3. The molecule has 0 atom stereocenters. The van der Waals surface area contributed by atoms with E-state index in [0.29, 0.717) is 16.4 Å². The molecule has 0 aromatic heterocycles. The summed E-state index contributed by atoms with van der Waals surface area (Å²) in [7, 11) is 0. The molecule has 0 saturated heterocycles. The van der Waals surface area contributed by atoms with Gasteiger partial charge in [-0.1, -0.05) is 42.0 Å². The summed E-state index contributed by atoms with van der Waals surface area (Å²) < 4.78 is 0. The normalized spacial score (nSPS) is 11.0. The van der Waals surface area contributed by atoms with Crippen molar-refractivity contribution in [1.29, 1.82) is 0 Å². The van der Waals surface area contributed by atoms with Crippen LogP contribution >= 0.6 is 11.6 Å². The summed E-state index contributed by atoms with van der Waals surface area (Å²) in [5.41, 5.74) is 9.23. The van der Waals surface area contributed by atoms with Crippen molar-refractivity contribution in [3.05, 3.63) is 65.2 Å². The third-order valence-electron chi connectivity index (χ3n) is 3.76. The zero-order chi connectivity index (χ0) is 17.9. The number of benzene rings is 2. The molecule has 2 aromatic carbocycles. The van der Waals surface area contributed by atoms with Crippen molar-refractivity contribution >= 4 is 34.6 Å². The van der Waals surface area contributed by atoms with Crippen LogP contribution in [0.5, 0.6) is 0 Å². The highest BCUT2D eigenvalue weighted by Crippen LogP contribution is 2.25. The third-order valence-corrected chi connectivity index (χ3v) is 4.10. The van der Waals surface area contributed by atoms with E-state index in [1.807, 2.05) is 45.0 Å². The van der Waals surface area contributed by atoms with Gasteiger partial charge >= 0.3 is 6.03 Å². The fourth-order valence-electron chi connectivity index (χ4n) is 2.31. The van der Waals surface area contributed by atoms with Gasteiger partial charge in [0.15, 0.2) is 0 Å². The number of hydrogen-bond acceptors (Lipinski definition) is 2. The summed E-state index contributed by atoms with van der Waals surface area (Å²) in [6, 6.07) is 12.6. The number of nitrogen functional groups attached to an aromatic ring is 1. The number of carbonyl (C=O) groups excluding carboxylic acids is 1. The van der Waals surface area contributed by atoms with Gasteiger partial charge in [-0.25, -0.2) is 4.79 Å². The van der Waals surface area contributed by atoms with Gasteiger partial charge in [0.2, 0.25) is 0 Å². The first-order chi connectivity index (χ1) is 11.2. The number of amides is 2. The predicted octanol–water partition coefficient (Wildman–Crippen LogP) is 5.01. The van der Waals surface area contributed by atoms with Crippen molar-refractivity contribution in [2.75, 3.05) is 11.1 Å². The minimum Gasteiger partial charge on any atom is -0.397 e. The Hall–Kier alpha value is -2.46. The Morgan fingerprint density at radius 3 is 2.54 bits per heavy atom. The third kappa shape index (κ3) is 4.30. The molecule has 4 N–H and O–H groups in total. The average molecular weight is 344 g/mol. The van der Waals surface area contributed by atoms with Gasteiger partial charge in [0, 0.05) is 5.69 Å². The second-order valence-corrected chi connectivity index (χ2v) is 6.71. The maximum Gasteiger partial charge on any atom is 0.319 e. The number of allylic oxidation sites excluding steroid dienone is 1. The van der Waals surface area contributed by atoms with Gasteiger partial charge in [-0.15, -0.1) is 0 Å². The standard InChI is InChI=1S/C19H22ClN3O/c1-12(2)13-6-5-7-14(10-13)19(3,4)23-18(24)22-15-8-9-16(20)17(21)11-15/h5-11H,1,21H2,2-4H3,(H2,22,23,24). The lowest BCUT2D eigenvalue weighted by atomic mass is 9.92. The molecule has 5 heteroatoms. The summed E-state index contributed by atoms with van der Waals surface area (Å²) >= 11 is 5.88. The van der Waals surface area contributed by atoms with E-state index in [2.05, 4.69) is 17.2 Å². The smallest absolute Gasteiger partial charge is 0.319 e. The molecule has 0 fully saturated rings. The van der Waals surface area contributed by atoms with Crippen molar-refractivity contribution in [1.82, 2.24) is 5.32 Å². The van der Waals surface area contributed by atoms with Gasteiger partial charge < -0.3 is 16.4 Å². The molecule has 0 spiro atoms. The number of urea groups is 1. The highest BCUT2D eigenvalue weighted by atomic mass is 35.5. The van der Waals surface area contributed by atoms with Crippen molar-refractivity contribution < 1.29 is 4.79 Å². The van der Waals surface area contributed by atoms with E-state index in [1.54, 1.807) is 18.2 Å².